The summed E-state index contributed by atoms with van der Waals surface area (Å²) in [6.07, 6.45) is 0. The summed E-state index contributed by atoms with van der Waals surface area (Å²) in [7, 11) is -25.9. The number of hydrogen-bond acceptors (Lipinski definition) is 12. The van der Waals surface area contributed by atoms with Crippen LogP contribution in [0.4, 0.5) is 0 Å². The minimum Gasteiger partial charge on any atom is -0.799 e. The van der Waals surface area contributed by atoms with Crippen LogP contribution in [0.3, 0.4) is 0 Å². The molecule has 0 aromatic carbocycles. The Labute approximate surface area is 332 Å². The monoisotopic (exact) mass is 542 g/mol. The van der Waals surface area contributed by atoms with E-state index >= 15 is 0 Å². The van der Waals surface area contributed by atoms with Crippen molar-refractivity contribution in [2.75, 3.05) is 6.67 Å². The molecule has 0 rings (SSSR count). The summed E-state index contributed by atoms with van der Waals surface area (Å²) in [5.41, 5.74) is 0. The summed E-state index contributed by atoms with van der Waals surface area (Å²) in [6, 6.07) is 0. The largest absolute Gasteiger partial charge is 1.00 e. The van der Waals surface area contributed by atoms with Gasteiger partial charge in [0.15, 0.2) is 0 Å². The van der Waals surface area contributed by atoms with Gasteiger partial charge in [0.2, 0.25) is 0 Å². The first kappa shape index (κ1) is 60.2. The third-order valence-electron chi connectivity index (χ3n) is 1.38. The Morgan fingerprint density at radius 1 is 0.407 bits per heavy atom. The van der Waals surface area contributed by atoms with Crippen LogP contribution >= 0.6 is 31.0 Å². The molecule has 0 saturated carbocycles. The molecule has 0 aliphatic carbocycles. The van der Waals surface area contributed by atoms with E-state index in [2.05, 4.69) is 0 Å². The van der Waals surface area contributed by atoms with Crippen molar-refractivity contribution < 1.29 is 294 Å². The molecule has 14 nitrogen and oxygen atoms in total. The van der Waals surface area contributed by atoms with E-state index in [1.54, 1.807) is 0 Å². The molecule has 26 heteroatoms. The Bertz CT molecular complexity index is 435. The summed E-state index contributed by atoms with van der Waals surface area (Å²) >= 11 is 0. The average Bonchev–Trinajstić information content (AvgIpc) is 1.91. The number of rotatable bonds is 6. The van der Waals surface area contributed by atoms with Crippen molar-refractivity contribution in [3.63, 3.8) is 0 Å². The molecule has 0 atom stereocenters. The Morgan fingerprint density at radius 2 is 0.519 bits per heavy atom. The fourth-order valence-electron chi connectivity index (χ4n) is 0.691. The van der Waals surface area contributed by atoms with Gasteiger partial charge in [-0.1, -0.05) is 0 Å². The molecule has 0 bridgehead atoms. The quantitative estimate of drug-likeness (QED) is 0.172. The van der Waals surface area contributed by atoms with Crippen LogP contribution in [0.5, 0.6) is 0 Å². The molecule has 0 saturated heterocycles. The maximum atomic E-state index is 10.4. The molecule has 0 heterocycles. The third kappa shape index (κ3) is 27.4. The van der Waals surface area contributed by atoms with Gasteiger partial charge >= 0.3 is 236 Å². The third-order valence-corrected chi connectivity index (χ3v) is 6.78. The van der Waals surface area contributed by atoms with Gasteiger partial charge in [-0.05, 0) is 0 Å². The zero-order chi connectivity index (χ0) is 15.9. The molecular weight excluding hydrogens is 540 g/mol. The van der Waals surface area contributed by atoms with E-state index in [9.17, 15) is 57.4 Å². The van der Waals surface area contributed by atoms with Gasteiger partial charge in [0.25, 0.3) is 0 Å². The summed E-state index contributed by atoms with van der Waals surface area (Å²) in [5, 5.41) is 0. The molecule has 0 aromatic rings. The van der Waals surface area contributed by atoms with Crippen LogP contribution in [0.15, 0.2) is 0 Å². The Morgan fingerprint density at radius 3 is 0.593 bits per heavy atom. The molecule has 0 aliphatic rings. The number of nitrogens with zero attached hydrogens (tertiary/aromatic N) is 2. The molecule has 0 radical (unpaired) electrons. The van der Waals surface area contributed by atoms with E-state index in [1.165, 1.54) is 0 Å². The molecule has 27 heavy (non-hydrogen) atoms. The SMILES string of the molecule is O=P([O-])([O-])N(CN(P(=O)([O-])[O-])P(=O)([O-])[O-])P(=O)([O-])[O-].[Na+].[Na+].[Na+].[Na+].[Na+].[Na+].[Na+].[Na+]. The van der Waals surface area contributed by atoms with Gasteiger partial charge in [-0.15, -0.1) is 0 Å². The predicted octanol–water partition coefficient (Wildman–Crippen LogP) is -31.1. The second-order valence-corrected chi connectivity index (χ2v) is 9.07. The summed E-state index contributed by atoms with van der Waals surface area (Å²) in [5.74, 6) is 0. The van der Waals surface area contributed by atoms with Crippen LogP contribution in [-0.2, 0) is 18.3 Å². The van der Waals surface area contributed by atoms with Gasteiger partial charge < -0.3 is 57.4 Å². The number of hydrogen-bond donors (Lipinski definition) is 0. The topological polar surface area (TPSA) is 259 Å². The fourth-order valence-corrected chi connectivity index (χ4v) is 4.36. The minimum absolute atomic E-state index is 0. The van der Waals surface area contributed by atoms with Gasteiger partial charge in [0.1, 0.15) is 0 Å². The summed E-state index contributed by atoms with van der Waals surface area (Å²) < 4.78 is 38.2. The van der Waals surface area contributed by atoms with Crippen molar-refractivity contribution in [1.29, 1.82) is 0 Å². The first-order valence-electron chi connectivity index (χ1n) is 3.62. The Kier molecular flexibility index (Phi) is 55.4. The van der Waals surface area contributed by atoms with Crippen LogP contribution in [0.25, 0.3) is 0 Å². The van der Waals surface area contributed by atoms with Gasteiger partial charge in [-0.25, -0.2) is 8.88 Å². The van der Waals surface area contributed by atoms with Gasteiger partial charge in [0.05, 0.1) is 6.67 Å². The van der Waals surface area contributed by atoms with E-state index in [0.29, 0.717) is 0 Å². The zero-order valence-electron chi connectivity index (χ0n) is 16.3. The summed E-state index contributed by atoms with van der Waals surface area (Å²) in [4.78, 5) is 83.0. The van der Waals surface area contributed by atoms with E-state index in [4.69, 9.17) is 0 Å². The van der Waals surface area contributed by atoms with E-state index in [-0.39, 0.29) is 236 Å². The van der Waals surface area contributed by atoms with E-state index < -0.39 is 46.5 Å². The van der Waals surface area contributed by atoms with Crippen molar-refractivity contribution in [3.05, 3.63) is 0 Å². The van der Waals surface area contributed by atoms with E-state index in [0.717, 1.165) is 0 Å². The Balaban J connectivity index is -0.0000000579. The molecule has 0 fully saturated rings. The smallest absolute Gasteiger partial charge is 0.799 e. The van der Waals surface area contributed by atoms with Crippen molar-refractivity contribution in [1.82, 2.24) is 8.88 Å². The van der Waals surface area contributed by atoms with Crippen molar-refractivity contribution >= 4 is 31.0 Å². The van der Waals surface area contributed by atoms with Crippen LogP contribution in [0.1, 0.15) is 0 Å². The fraction of sp³-hybridized carbons (Fsp3) is 1.00. The molecule has 0 amide bonds. The van der Waals surface area contributed by atoms with Crippen LogP contribution in [0, 0.1) is 0 Å². The standard InChI is InChI=1S/CH10N2O12P4.8Na/c4-16(5,6)2(17(7,8)9)1-3(18(10,11)12)19(13,14)15;;;;;;;;/h1H2,(H2,4,5,6)(H2,7,8,9)(H2,10,11,12)(H2,13,14,15);;;;;;;;/q;8*+1/p-8. The molecule has 0 aromatic heterocycles. The molecule has 0 aliphatic heterocycles. The predicted molar refractivity (Wildman–Crippen MR) is 39.0 cm³/mol. The molecule has 0 unspecified atom stereocenters. The van der Waals surface area contributed by atoms with Crippen molar-refractivity contribution in [2.24, 2.45) is 0 Å². The molecule has 116 valence electrons. The second kappa shape index (κ2) is 24.8. The second-order valence-electron chi connectivity index (χ2n) is 2.76. The van der Waals surface area contributed by atoms with Gasteiger partial charge in [-0.2, -0.15) is 0 Å². The summed E-state index contributed by atoms with van der Waals surface area (Å²) in [6.45, 7) is -2.57. The van der Waals surface area contributed by atoms with Crippen molar-refractivity contribution in [3.8, 4) is 0 Å². The van der Waals surface area contributed by atoms with Crippen molar-refractivity contribution in [2.45, 2.75) is 0 Å². The zero-order valence-corrected chi connectivity index (χ0v) is 35.9. The average molecular weight is 542 g/mol. The van der Waals surface area contributed by atoms with Gasteiger partial charge in [0, 0.05) is 31.0 Å². The molecule has 0 spiro atoms. The van der Waals surface area contributed by atoms with Gasteiger partial charge in [-0.3, -0.25) is 0 Å². The first-order valence-corrected chi connectivity index (χ1v) is 9.61. The maximum Gasteiger partial charge on any atom is 1.00 e. The minimum atomic E-state index is -6.48. The Hall–Kier alpha value is 8.52. The maximum absolute atomic E-state index is 10.4. The molecule has 0 N–H and O–H groups in total. The first-order chi connectivity index (χ1) is 7.97. The van der Waals surface area contributed by atoms with Crippen LogP contribution in [0.2, 0.25) is 0 Å². The molecular formula is CH2N2Na8O12P4. The van der Waals surface area contributed by atoms with Crippen LogP contribution < -0.4 is 276 Å². The van der Waals surface area contributed by atoms with Crippen LogP contribution in [-0.4, -0.2) is 15.6 Å². The normalized spacial score (nSPS) is 10.7. The van der Waals surface area contributed by atoms with E-state index in [1.807, 2.05) is 0 Å².